The van der Waals surface area contributed by atoms with Gasteiger partial charge >= 0.3 is 0 Å². The Morgan fingerprint density at radius 1 is 1.18 bits per heavy atom. The molecule has 2 aromatic rings. The minimum absolute atomic E-state index is 0.741. The van der Waals surface area contributed by atoms with E-state index in [1.807, 2.05) is 12.7 Å². The van der Waals surface area contributed by atoms with Gasteiger partial charge in [0.15, 0.2) is 0 Å². The Hall–Kier alpha value is -1.88. The topological polar surface area (TPSA) is 43.2 Å². The van der Waals surface area contributed by atoms with E-state index in [2.05, 4.69) is 44.8 Å². The standard InChI is InChI=1S/C17H24N4O/c1-14-9-16(3-4-17(14)22-2)11-20-7-5-15(6-8-20)10-21-12-18-19-13-21/h3-4,9,12-13,15H,5-8,10-11H2,1-2H3. The van der Waals surface area contributed by atoms with Crippen molar-refractivity contribution in [1.29, 1.82) is 0 Å². The lowest BCUT2D eigenvalue weighted by molar-refractivity contribution is 0.167. The molecule has 1 aliphatic heterocycles. The van der Waals surface area contributed by atoms with E-state index in [9.17, 15) is 0 Å². The van der Waals surface area contributed by atoms with Crippen LogP contribution >= 0.6 is 0 Å². The highest BCUT2D eigenvalue weighted by molar-refractivity contribution is 5.36. The summed E-state index contributed by atoms with van der Waals surface area (Å²) in [5, 5.41) is 7.75. The quantitative estimate of drug-likeness (QED) is 0.851. The maximum Gasteiger partial charge on any atom is 0.121 e. The Labute approximate surface area is 131 Å². The van der Waals surface area contributed by atoms with Crippen LogP contribution in [0, 0.1) is 12.8 Å². The number of nitrogens with zero attached hydrogens (tertiary/aromatic N) is 4. The molecule has 1 aromatic heterocycles. The fourth-order valence-corrected chi connectivity index (χ4v) is 3.24. The van der Waals surface area contributed by atoms with Gasteiger partial charge in [0.25, 0.3) is 0 Å². The maximum absolute atomic E-state index is 5.33. The average Bonchev–Trinajstić information content (AvgIpc) is 3.02. The van der Waals surface area contributed by atoms with Crippen molar-refractivity contribution in [2.24, 2.45) is 5.92 Å². The highest BCUT2D eigenvalue weighted by Gasteiger charge is 2.19. The summed E-state index contributed by atoms with van der Waals surface area (Å²) in [5.41, 5.74) is 2.58. The second kappa shape index (κ2) is 6.92. The van der Waals surface area contributed by atoms with Crippen molar-refractivity contribution in [1.82, 2.24) is 19.7 Å². The summed E-state index contributed by atoms with van der Waals surface area (Å²) in [5.74, 6) is 1.71. The fraction of sp³-hybridized carbons (Fsp3) is 0.529. The van der Waals surface area contributed by atoms with Crippen LogP contribution in [0.5, 0.6) is 5.75 Å². The largest absolute Gasteiger partial charge is 0.496 e. The van der Waals surface area contributed by atoms with Crippen LogP contribution in [0.25, 0.3) is 0 Å². The molecule has 5 heteroatoms. The molecular formula is C17H24N4O. The van der Waals surface area contributed by atoms with Gasteiger partial charge in [-0.15, -0.1) is 10.2 Å². The van der Waals surface area contributed by atoms with E-state index in [0.717, 1.165) is 37.8 Å². The van der Waals surface area contributed by atoms with Gasteiger partial charge in [0.1, 0.15) is 18.4 Å². The number of hydrogen-bond acceptors (Lipinski definition) is 4. The molecule has 118 valence electrons. The fourth-order valence-electron chi connectivity index (χ4n) is 3.24. The minimum Gasteiger partial charge on any atom is -0.496 e. The third kappa shape index (κ3) is 3.65. The predicted molar refractivity (Wildman–Crippen MR) is 85.8 cm³/mol. The molecule has 0 radical (unpaired) electrons. The van der Waals surface area contributed by atoms with Gasteiger partial charge in [-0.1, -0.05) is 12.1 Å². The van der Waals surface area contributed by atoms with Crippen molar-refractivity contribution < 1.29 is 4.74 Å². The van der Waals surface area contributed by atoms with Gasteiger partial charge in [-0.05, 0) is 56.0 Å². The van der Waals surface area contributed by atoms with Crippen LogP contribution in [-0.4, -0.2) is 39.9 Å². The van der Waals surface area contributed by atoms with E-state index in [-0.39, 0.29) is 0 Å². The van der Waals surface area contributed by atoms with E-state index in [1.165, 1.54) is 24.0 Å². The number of methoxy groups -OCH3 is 1. The normalized spacial score (nSPS) is 16.8. The van der Waals surface area contributed by atoms with Gasteiger partial charge in [-0.2, -0.15) is 0 Å². The van der Waals surface area contributed by atoms with Crippen molar-refractivity contribution in [3.05, 3.63) is 42.0 Å². The highest BCUT2D eigenvalue weighted by Crippen LogP contribution is 2.23. The molecule has 0 spiro atoms. The molecule has 0 atom stereocenters. The van der Waals surface area contributed by atoms with Gasteiger partial charge in [0, 0.05) is 13.1 Å². The van der Waals surface area contributed by atoms with Gasteiger partial charge in [0.05, 0.1) is 7.11 Å². The number of aryl methyl sites for hydroxylation is 1. The summed E-state index contributed by atoms with van der Waals surface area (Å²) in [4.78, 5) is 2.55. The van der Waals surface area contributed by atoms with Crippen molar-refractivity contribution in [2.45, 2.75) is 32.9 Å². The maximum atomic E-state index is 5.33. The molecule has 1 fully saturated rings. The Morgan fingerprint density at radius 3 is 2.55 bits per heavy atom. The molecule has 1 aliphatic rings. The number of hydrogen-bond donors (Lipinski definition) is 0. The highest BCUT2D eigenvalue weighted by atomic mass is 16.5. The van der Waals surface area contributed by atoms with Crippen LogP contribution in [-0.2, 0) is 13.1 Å². The first kappa shape index (κ1) is 15.0. The molecule has 0 aliphatic carbocycles. The first-order chi connectivity index (χ1) is 10.7. The molecular weight excluding hydrogens is 276 g/mol. The number of piperidine rings is 1. The van der Waals surface area contributed by atoms with E-state index in [0.29, 0.717) is 0 Å². The molecule has 0 amide bonds. The molecule has 0 N–H and O–H groups in total. The van der Waals surface area contributed by atoms with Crippen LogP contribution in [0.2, 0.25) is 0 Å². The summed E-state index contributed by atoms with van der Waals surface area (Å²) in [6, 6.07) is 6.49. The van der Waals surface area contributed by atoms with Crippen LogP contribution < -0.4 is 4.74 Å². The summed E-state index contributed by atoms with van der Waals surface area (Å²) in [6.45, 7) is 6.51. The summed E-state index contributed by atoms with van der Waals surface area (Å²) in [6.07, 6.45) is 6.11. The molecule has 3 rings (SSSR count). The lowest BCUT2D eigenvalue weighted by Gasteiger charge is -2.32. The zero-order valence-corrected chi connectivity index (χ0v) is 13.4. The van der Waals surface area contributed by atoms with E-state index >= 15 is 0 Å². The summed E-state index contributed by atoms with van der Waals surface area (Å²) in [7, 11) is 1.72. The van der Waals surface area contributed by atoms with Gasteiger partial charge in [-0.3, -0.25) is 4.90 Å². The lowest BCUT2D eigenvalue weighted by atomic mass is 9.96. The zero-order valence-electron chi connectivity index (χ0n) is 13.4. The molecule has 0 unspecified atom stereocenters. The molecule has 0 bridgehead atoms. The lowest BCUT2D eigenvalue weighted by Crippen LogP contribution is -2.34. The molecule has 5 nitrogen and oxygen atoms in total. The Morgan fingerprint density at radius 2 is 1.91 bits per heavy atom. The molecule has 2 heterocycles. The van der Waals surface area contributed by atoms with E-state index < -0.39 is 0 Å². The number of aromatic nitrogens is 3. The third-order valence-corrected chi connectivity index (χ3v) is 4.51. The first-order valence-electron chi connectivity index (χ1n) is 7.93. The Balaban J connectivity index is 1.50. The van der Waals surface area contributed by atoms with Crippen LogP contribution in [0.1, 0.15) is 24.0 Å². The SMILES string of the molecule is COc1ccc(CN2CCC(Cn3cnnc3)CC2)cc1C. The monoisotopic (exact) mass is 300 g/mol. The second-order valence-corrected chi connectivity index (χ2v) is 6.18. The number of ether oxygens (including phenoxy) is 1. The van der Waals surface area contributed by atoms with Gasteiger partial charge in [0.2, 0.25) is 0 Å². The number of benzene rings is 1. The molecule has 0 saturated carbocycles. The van der Waals surface area contributed by atoms with Crippen LogP contribution in [0.4, 0.5) is 0 Å². The van der Waals surface area contributed by atoms with Crippen molar-refractivity contribution in [3.8, 4) is 5.75 Å². The number of likely N-dealkylation sites (tertiary alicyclic amines) is 1. The third-order valence-electron chi connectivity index (χ3n) is 4.51. The van der Waals surface area contributed by atoms with E-state index in [1.54, 1.807) is 7.11 Å². The molecule has 22 heavy (non-hydrogen) atoms. The summed E-state index contributed by atoms with van der Waals surface area (Å²) < 4.78 is 7.42. The minimum atomic E-state index is 0.741. The zero-order chi connectivity index (χ0) is 15.4. The Bertz CT molecular complexity index is 589. The van der Waals surface area contributed by atoms with Gasteiger partial charge in [-0.25, -0.2) is 0 Å². The van der Waals surface area contributed by atoms with Crippen LogP contribution in [0.15, 0.2) is 30.9 Å². The Kier molecular flexibility index (Phi) is 4.73. The van der Waals surface area contributed by atoms with Crippen LogP contribution in [0.3, 0.4) is 0 Å². The predicted octanol–water partition coefficient (Wildman–Crippen LogP) is 2.51. The van der Waals surface area contributed by atoms with E-state index in [4.69, 9.17) is 4.74 Å². The van der Waals surface area contributed by atoms with Crippen molar-refractivity contribution in [2.75, 3.05) is 20.2 Å². The second-order valence-electron chi connectivity index (χ2n) is 6.18. The molecule has 1 saturated heterocycles. The first-order valence-corrected chi connectivity index (χ1v) is 7.93. The van der Waals surface area contributed by atoms with Crippen molar-refractivity contribution in [3.63, 3.8) is 0 Å². The average molecular weight is 300 g/mol. The van der Waals surface area contributed by atoms with Crippen molar-refractivity contribution >= 4 is 0 Å². The summed E-state index contributed by atoms with van der Waals surface area (Å²) >= 11 is 0. The number of rotatable bonds is 5. The molecule has 1 aromatic carbocycles. The van der Waals surface area contributed by atoms with Gasteiger partial charge < -0.3 is 9.30 Å². The smallest absolute Gasteiger partial charge is 0.121 e.